The van der Waals surface area contributed by atoms with E-state index in [4.69, 9.17) is 9.47 Å². The molecule has 1 fully saturated rings. The van der Waals surface area contributed by atoms with Gasteiger partial charge in [0.25, 0.3) is 0 Å². The summed E-state index contributed by atoms with van der Waals surface area (Å²) in [6.45, 7) is 6.93. The zero-order valence-electron chi connectivity index (χ0n) is 12.0. The zero-order valence-corrected chi connectivity index (χ0v) is 12.0. The first-order valence-electron chi connectivity index (χ1n) is 6.72. The maximum absolute atomic E-state index is 13.4. The van der Waals surface area contributed by atoms with Crippen LogP contribution in [0.15, 0.2) is 18.2 Å². The van der Waals surface area contributed by atoms with Crippen molar-refractivity contribution in [2.45, 2.75) is 45.4 Å². The first-order chi connectivity index (χ1) is 9.35. The van der Waals surface area contributed by atoms with E-state index >= 15 is 0 Å². The van der Waals surface area contributed by atoms with E-state index in [2.05, 4.69) is 5.32 Å². The van der Waals surface area contributed by atoms with Crippen molar-refractivity contribution in [3.63, 3.8) is 0 Å². The number of rotatable bonds is 4. The molecule has 1 N–H and O–H groups in total. The van der Waals surface area contributed by atoms with Crippen molar-refractivity contribution in [1.29, 1.82) is 0 Å². The van der Waals surface area contributed by atoms with E-state index in [1.807, 2.05) is 20.8 Å². The number of halogens is 1. The summed E-state index contributed by atoms with van der Waals surface area (Å²) in [5, 5.41) is 3.28. The number of carbonyl (C=O) groups excluding carboxylic acids is 1. The lowest BCUT2D eigenvalue weighted by Crippen LogP contribution is -2.35. The SMILES string of the molecule is CC(C)(C)NCc1cc(F)ccc1OC1CCOC1=O. The van der Waals surface area contributed by atoms with Gasteiger partial charge in [0.2, 0.25) is 0 Å². The highest BCUT2D eigenvalue weighted by molar-refractivity contribution is 5.76. The van der Waals surface area contributed by atoms with Gasteiger partial charge in [0.1, 0.15) is 11.6 Å². The molecule has 1 atom stereocenters. The van der Waals surface area contributed by atoms with E-state index in [-0.39, 0.29) is 17.3 Å². The van der Waals surface area contributed by atoms with Gasteiger partial charge in [-0.15, -0.1) is 0 Å². The van der Waals surface area contributed by atoms with E-state index < -0.39 is 6.10 Å². The molecule has 5 heteroatoms. The molecule has 20 heavy (non-hydrogen) atoms. The standard InChI is InChI=1S/C15H20FNO3/c1-15(2,3)17-9-10-8-11(16)4-5-12(10)20-13-6-7-19-14(13)18/h4-5,8,13,17H,6-7,9H2,1-3H3. The fourth-order valence-corrected chi connectivity index (χ4v) is 1.90. The van der Waals surface area contributed by atoms with Gasteiger partial charge in [0.15, 0.2) is 6.10 Å². The average Bonchev–Trinajstić information content (AvgIpc) is 2.74. The Kier molecular flexibility index (Phi) is 4.28. The van der Waals surface area contributed by atoms with Gasteiger partial charge in [-0.2, -0.15) is 0 Å². The molecule has 1 saturated heterocycles. The zero-order chi connectivity index (χ0) is 14.8. The highest BCUT2D eigenvalue weighted by Gasteiger charge is 2.29. The number of nitrogens with one attached hydrogen (secondary N) is 1. The van der Waals surface area contributed by atoms with Crippen molar-refractivity contribution in [2.24, 2.45) is 0 Å². The monoisotopic (exact) mass is 281 g/mol. The summed E-state index contributed by atoms with van der Waals surface area (Å²) < 4.78 is 23.9. The average molecular weight is 281 g/mol. The molecule has 1 heterocycles. The molecule has 0 amide bonds. The first kappa shape index (κ1) is 14.8. The van der Waals surface area contributed by atoms with Gasteiger partial charge in [-0.25, -0.2) is 9.18 Å². The van der Waals surface area contributed by atoms with Crippen molar-refractivity contribution in [1.82, 2.24) is 5.32 Å². The van der Waals surface area contributed by atoms with Crippen LogP contribution >= 0.6 is 0 Å². The summed E-state index contributed by atoms with van der Waals surface area (Å²) in [5.74, 6) is -0.159. The normalized spacial score (nSPS) is 19.0. The Morgan fingerprint density at radius 3 is 2.80 bits per heavy atom. The minimum Gasteiger partial charge on any atom is -0.478 e. The maximum atomic E-state index is 13.4. The van der Waals surface area contributed by atoms with Crippen molar-refractivity contribution in [3.05, 3.63) is 29.6 Å². The molecule has 0 radical (unpaired) electrons. The van der Waals surface area contributed by atoms with Gasteiger partial charge in [-0.3, -0.25) is 0 Å². The Labute approximate surface area is 118 Å². The van der Waals surface area contributed by atoms with Crippen LogP contribution in [0.5, 0.6) is 5.75 Å². The molecule has 0 saturated carbocycles. The molecule has 0 aliphatic carbocycles. The molecule has 0 aromatic heterocycles. The van der Waals surface area contributed by atoms with E-state index in [1.54, 1.807) is 6.07 Å². The number of cyclic esters (lactones) is 1. The number of hydrogen-bond donors (Lipinski definition) is 1. The predicted octanol–water partition coefficient (Wildman–Crippen LogP) is 2.41. The summed E-state index contributed by atoms with van der Waals surface area (Å²) in [4.78, 5) is 11.4. The lowest BCUT2D eigenvalue weighted by molar-refractivity contribution is -0.143. The van der Waals surface area contributed by atoms with Crippen LogP contribution in [0.2, 0.25) is 0 Å². The minimum atomic E-state index is -0.589. The summed E-state index contributed by atoms with van der Waals surface area (Å²) in [5.41, 5.74) is 0.607. The second kappa shape index (κ2) is 5.79. The van der Waals surface area contributed by atoms with Gasteiger partial charge < -0.3 is 14.8 Å². The van der Waals surface area contributed by atoms with E-state index in [9.17, 15) is 9.18 Å². The molecular weight excluding hydrogens is 261 g/mol. The highest BCUT2D eigenvalue weighted by Crippen LogP contribution is 2.24. The fourth-order valence-electron chi connectivity index (χ4n) is 1.90. The second-order valence-electron chi connectivity index (χ2n) is 5.92. The molecule has 1 aliphatic heterocycles. The number of carbonyl (C=O) groups is 1. The Balaban J connectivity index is 2.12. The minimum absolute atomic E-state index is 0.0874. The number of ether oxygens (including phenoxy) is 2. The lowest BCUT2D eigenvalue weighted by atomic mass is 10.1. The van der Waals surface area contributed by atoms with Crippen LogP contribution < -0.4 is 10.1 Å². The molecule has 1 aromatic carbocycles. The van der Waals surface area contributed by atoms with Crippen LogP contribution in [0.4, 0.5) is 4.39 Å². The molecule has 0 spiro atoms. The molecule has 1 aliphatic rings. The van der Waals surface area contributed by atoms with Gasteiger partial charge >= 0.3 is 5.97 Å². The highest BCUT2D eigenvalue weighted by atomic mass is 19.1. The van der Waals surface area contributed by atoms with Crippen LogP contribution in [0.3, 0.4) is 0 Å². The quantitative estimate of drug-likeness (QED) is 0.861. The molecule has 110 valence electrons. The van der Waals surface area contributed by atoms with Gasteiger partial charge in [0.05, 0.1) is 6.61 Å². The molecule has 1 unspecified atom stereocenters. The number of esters is 1. The van der Waals surface area contributed by atoms with E-state index in [0.717, 1.165) is 0 Å². The molecule has 4 nitrogen and oxygen atoms in total. The first-order valence-corrected chi connectivity index (χ1v) is 6.72. The van der Waals surface area contributed by atoms with Crippen molar-refractivity contribution in [3.8, 4) is 5.75 Å². The van der Waals surface area contributed by atoms with E-state index in [0.29, 0.717) is 30.9 Å². The number of benzene rings is 1. The smallest absolute Gasteiger partial charge is 0.347 e. The largest absolute Gasteiger partial charge is 0.478 e. The maximum Gasteiger partial charge on any atom is 0.347 e. The Bertz CT molecular complexity index is 496. The number of hydrogen-bond acceptors (Lipinski definition) is 4. The fraction of sp³-hybridized carbons (Fsp3) is 0.533. The second-order valence-corrected chi connectivity index (χ2v) is 5.92. The van der Waals surface area contributed by atoms with Crippen molar-refractivity contribution >= 4 is 5.97 Å². The third kappa shape index (κ3) is 3.93. The predicted molar refractivity (Wildman–Crippen MR) is 73.0 cm³/mol. The van der Waals surface area contributed by atoms with Crippen molar-refractivity contribution < 1.29 is 18.7 Å². The van der Waals surface area contributed by atoms with Gasteiger partial charge in [0, 0.05) is 24.1 Å². The third-order valence-corrected chi connectivity index (χ3v) is 2.99. The van der Waals surface area contributed by atoms with Crippen LogP contribution in [-0.4, -0.2) is 24.2 Å². The molecule has 0 bridgehead atoms. The Morgan fingerprint density at radius 1 is 1.45 bits per heavy atom. The Morgan fingerprint density at radius 2 is 2.20 bits per heavy atom. The lowest BCUT2D eigenvalue weighted by Gasteiger charge is -2.22. The van der Waals surface area contributed by atoms with Crippen molar-refractivity contribution in [2.75, 3.05) is 6.61 Å². The van der Waals surface area contributed by atoms with Crippen LogP contribution in [-0.2, 0) is 16.1 Å². The topological polar surface area (TPSA) is 47.6 Å². The summed E-state index contributed by atoms with van der Waals surface area (Å²) in [6, 6.07) is 4.31. The molecule has 2 rings (SSSR count). The molecular formula is C15H20FNO3. The van der Waals surface area contributed by atoms with Gasteiger partial charge in [-0.1, -0.05) is 0 Å². The summed E-state index contributed by atoms with van der Waals surface area (Å²) in [6.07, 6.45) is -0.0589. The van der Waals surface area contributed by atoms with Gasteiger partial charge in [-0.05, 0) is 39.0 Å². The Hall–Kier alpha value is -1.62. The van der Waals surface area contributed by atoms with Crippen LogP contribution in [0.1, 0.15) is 32.8 Å². The van der Waals surface area contributed by atoms with Crippen LogP contribution in [0, 0.1) is 5.82 Å². The third-order valence-electron chi connectivity index (χ3n) is 2.99. The summed E-state index contributed by atoms with van der Waals surface area (Å²) in [7, 11) is 0. The molecule has 1 aromatic rings. The van der Waals surface area contributed by atoms with E-state index in [1.165, 1.54) is 12.1 Å². The van der Waals surface area contributed by atoms with Crippen LogP contribution in [0.25, 0.3) is 0 Å². The summed E-state index contributed by atoms with van der Waals surface area (Å²) >= 11 is 0.